The zero-order valence-electron chi connectivity index (χ0n) is 12.5. The number of hydrogen-bond donors (Lipinski definition) is 1. The standard InChI is InChI=1S/C16H24ClNO2/c1-16(2,15(19)20)10-6-7-11-18(3)12-13-8-4-5-9-14(13)17/h4-5,8-9H,6-7,10-12H2,1-3H3,(H,19,20). The van der Waals surface area contributed by atoms with Gasteiger partial charge in [0.2, 0.25) is 0 Å². The van der Waals surface area contributed by atoms with E-state index in [9.17, 15) is 4.79 Å². The summed E-state index contributed by atoms with van der Waals surface area (Å²) >= 11 is 6.13. The average molecular weight is 298 g/mol. The van der Waals surface area contributed by atoms with E-state index in [0.29, 0.717) is 6.42 Å². The third kappa shape index (κ3) is 5.51. The van der Waals surface area contributed by atoms with Gasteiger partial charge in [-0.25, -0.2) is 0 Å². The predicted octanol–water partition coefficient (Wildman–Crippen LogP) is 4.05. The first-order chi connectivity index (χ1) is 9.33. The molecule has 0 saturated heterocycles. The first kappa shape index (κ1) is 17.0. The summed E-state index contributed by atoms with van der Waals surface area (Å²) < 4.78 is 0. The molecule has 0 bridgehead atoms. The van der Waals surface area contributed by atoms with E-state index in [1.807, 2.05) is 24.3 Å². The number of unbranched alkanes of at least 4 members (excludes halogenated alkanes) is 1. The van der Waals surface area contributed by atoms with E-state index in [0.717, 1.165) is 36.5 Å². The molecule has 0 fully saturated rings. The Labute approximate surface area is 126 Å². The number of carboxylic acid groups (broad SMARTS) is 1. The van der Waals surface area contributed by atoms with Gasteiger partial charge in [0, 0.05) is 11.6 Å². The topological polar surface area (TPSA) is 40.5 Å². The van der Waals surface area contributed by atoms with Crippen molar-refractivity contribution in [2.75, 3.05) is 13.6 Å². The summed E-state index contributed by atoms with van der Waals surface area (Å²) in [4.78, 5) is 13.2. The van der Waals surface area contributed by atoms with Crippen LogP contribution in [0, 0.1) is 5.41 Å². The van der Waals surface area contributed by atoms with Crippen LogP contribution in [0.25, 0.3) is 0 Å². The largest absolute Gasteiger partial charge is 0.481 e. The molecule has 20 heavy (non-hydrogen) atoms. The Morgan fingerprint density at radius 3 is 2.55 bits per heavy atom. The minimum absolute atomic E-state index is 0.624. The molecule has 0 radical (unpaired) electrons. The molecule has 0 spiro atoms. The summed E-state index contributed by atoms with van der Waals surface area (Å²) in [6.45, 7) is 5.33. The third-order valence-corrected chi connectivity index (χ3v) is 3.94. The van der Waals surface area contributed by atoms with E-state index in [4.69, 9.17) is 16.7 Å². The summed E-state index contributed by atoms with van der Waals surface area (Å²) in [5.74, 6) is -0.720. The van der Waals surface area contributed by atoms with Crippen molar-refractivity contribution in [2.24, 2.45) is 5.41 Å². The van der Waals surface area contributed by atoms with Crippen LogP contribution in [-0.2, 0) is 11.3 Å². The quantitative estimate of drug-likeness (QED) is 0.736. The minimum Gasteiger partial charge on any atom is -0.481 e. The number of rotatable bonds is 8. The molecule has 112 valence electrons. The number of benzene rings is 1. The van der Waals surface area contributed by atoms with Crippen LogP contribution in [0.5, 0.6) is 0 Å². The normalized spacial score (nSPS) is 11.8. The van der Waals surface area contributed by atoms with Crippen molar-refractivity contribution >= 4 is 17.6 Å². The van der Waals surface area contributed by atoms with Gasteiger partial charge >= 0.3 is 5.97 Å². The van der Waals surface area contributed by atoms with Gasteiger partial charge in [0.25, 0.3) is 0 Å². The average Bonchev–Trinajstić information content (AvgIpc) is 2.37. The lowest BCUT2D eigenvalue weighted by atomic mass is 9.87. The van der Waals surface area contributed by atoms with Crippen molar-refractivity contribution in [2.45, 2.75) is 39.7 Å². The van der Waals surface area contributed by atoms with Gasteiger partial charge in [-0.05, 0) is 51.9 Å². The highest BCUT2D eigenvalue weighted by Gasteiger charge is 2.25. The van der Waals surface area contributed by atoms with Crippen molar-refractivity contribution in [3.8, 4) is 0 Å². The van der Waals surface area contributed by atoms with Gasteiger partial charge in [-0.1, -0.05) is 36.2 Å². The van der Waals surface area contributed by atoms with Gasteiger partial charge in [-0.3, -0.25) is 4.79 Å². The molecular weight excluding hydrogens is 274 g/mol. The zero-order valence-corrected chi connectivity index (χ0v) is 13.3. The SMILES string of the molecule is CN(CCCCC(C)(C)C(=O)O)Cc1ccccc1Cl. The Bertz CT molecular complexity index is 446. The summed E-state index contributed by atoms with van der Waals surface area (Å²) in [7, 11) is 2.06. The molecule has 1 N–H and O–H groups in total. The van der Waals surface area contributed by atoms with Gasteiger partial charge in [0.15, 0.2) is 0 Å². The molecule has 0 unspecified atom stereocenters. The second-order valence-electron chi connectivity index (χ2n) is 5.98. The minimum atomic E-state index is -0.720. The Hall–Kier alpha value is -1.06. The van der Waals surface area contributed by atoms with Gasteiger partial charge in [-0.15, -0.1) is 0 Å². The molecule has 0 aliphatic carbocycles. The van der Waals surface area contributed by atoms with Crippen LogP contribution in [-0.4, -0.2) is 29.6 Å². The van der Waals surface area contributed by atoms with Crippen molar-refractivity contribution in [3.05, 3.63) is 34.9 Å². The van der Waals surface area contributed by atoms with Gasteiger partial charge < -0.3 is 10.0 Å². The molecule has 0 aliphatic heterocycles. The van der Waals surface area contributed by atoms with E-state index in [-0.39, 0.29) is 0 Å². The van der Waals surface area contributed by atoms with Gasteiger partial charge in [0.05, 0.1) is 5.41 Å². The Morgan fingerprint density at radius 1 is 1.30 bits per heavy atom. The highest BCUT2D eigenvalue weighted by atomic mass is 35.5. The van der Waals surface area contributed by atoms with Crippen LogP contribution in [0.2, 0.25) is 5.02 Å². The molecule has 0 aliphatic rings. The van der Waals surface area contributed by atoms with Gasteiger partial charge in [0.1, 0.15) is 0 Å². The number of nitrogens with zero attached hydrogens (tertiary/aromatic N) is 1. The highest BCUT2D eigenvalue weighted by Crippen LogP contribution is 2.23. The molecule has 3 nitrogen and oxygen atoms in total. The Balaban J connectivity index is 2.29. The molecule has 1 rings (SSSR count). The number of hydrogen-bond acceptors (Lipinski definition) is 2. The van der Waals surface area contributed by atoms with E-state index in [1.165, 1.54) is 0 Å². The van der Waals surface area contributed by atoms with Crippen LogP contribution >= 0.6 is 11.6 Å². The summed E-state index contributed by atoms with van der Waals surface area (Å²) in [5.41, 5.74) is 0.504. The molecule has 1 aromatic rings. The molecular formula is C16H24ClNO2. The molecule has 0 amide bonds. The zero-order chi connectivity index (χ0) is 15.2. The monoisotopic (exact) mass is 297 g/mol. The van der Waals surface area contributed by atoms with Crippen molar-refractivity contribution in [1.29, 1.82) is 0 Å². The van der Waals surface area contributed by atoms with Crippen molar-refractivity contribution < 1.29 is 9.90 Å². The lowest BCUT2D eigenvalue weighted by molar-refractivity contribution is -0.147. The molecule has 0 saturated carbocycles. The number of carbonyl (C=O) groups is 1. The second-order valence-corrected chi connectivity index (χ2v) is 6.38. The van der Waals surface area contributed by atoms with E-state index >= 15 is 0 Å². The molecule has 0 atom stereocenters. The van der Waals surface area contributed by atoms with Crippen LogP contribution in [0.4, 0.5) is 0 Å². The van der Waals surface area contributed by atoms with E-state index in [2.05, 4.69) is 11.9 Å². The first-order valence-corrected chi connectivity index (χ1v) is 7.36. The number of carboxylic acids is 1. The van der Waals surface area contributed by atoms with E-state index in [1.54, 1.807) is 13.8 Å². The maximum Gasteiger partial charge on any atom is 0.309 e. The third-order valence-electron chi connectivity index (χ3n) is 3.57. The van der Waals surface area contributed by atoms with Crippen molar-refractivity contribution in [3.63, 3.8) is 0 Å². The summed E-state index contributed by atoms with van der Waals surface area (Å²) in [6, 6.07) is 7.86. The smallest absolute Gasteiger partial charge is 0.309 e. The lowest BCUT2D eigenvalue weighted by Crippen LogP contribution is -2.24. The first-order valence-electron chi connectivity index (χ1n) is 6.98. The molecule has 0 aromatic heterocycles. The molecule has 4 heteroatoms. The second kappa shape index (κ2) is 7.65. The van der Waals surface area contributed by atoms with Gasteiger partial charge in [-0.2, -0.15) is 0 Å². The Morgan fingerprint density at radius 2 is 1.95 bits per heavy atom. The maximum absolute atomic E-state index is 11.0. The van der Waals surface area contributed by atoms with Crippen LogP contribution < -0.4 is 0 Å². The number of aliphatic carboxylic acids is 1. The molecule has 1 aromatic carbocycles. The summed E-state index contributed by atoms with van der Waals surface area (Å²) in [5, 5.41) is 9.85. The predicted molar refractivity (Wildman–Crippen MR) is 83.1 cm³/mol. The lowest BCUT2D eigenvalue weighted by Gasteiger charge is -2.21. The maximum atomic E-state index is 11.0. The fourth-order valence-corrected chi connectivity index (χ4v) is 2.25. The molecule has 0 heterocycles. The summed E-state index contributed by atoms with van der Waals surface area (Å²) in [6.07, 6.45) is 2.63. The van der Waals surface area contributed by atoms with Crippen molar-refractivity contribution in [1.82, 2.24) is 4.90 Å². The highest BCUT2D eigenvalue weighted by molar-refractivity contribution is 6.31. The fraction of sp³-hybridized carbons (Fsp3) is 0.562. The Kier molecular flexibility index (Phi) is 6.50. The van der Waals surface area contributed by atoms with Crippen LogP contribution in [0.15, 0.2) is 24.3 Å². The van der Waals surface area contributed by atoms with Crippen LogP contribution in [0.1, 0.15) is 38.7 Å². The van der Waals surface area contributed by atoms with E-state index < -0.39 is 11.4 Å². The fourth-order valence-electron chi connectivity index (χ4n) is 2.05. The number of halogens is 1. The van der Waals surface area contributed by atoms with Crippen LogP contribution in [0.3, 0.4) is 0 Å².